The van der Waals surface area contributed by atoms with Crippen molar-refractivity contribution in [3.63, 3.8) is 0 Å². The first-order valence-corrected chi connectivity index (χ1v) is 4.65. The van der Waals surface area contributed by atoms with E-state index in [2.05, 4.69) is 5.92 Å². The van der Waals surface area contributed by atoms with E-state index in [-0.39, 0.29) is 6.04 Å². The molecule has 0 amide bonds. The molecule has 0 aliphatic heterocycles. The van der Waals surface area contributed by atoms with Gasteiger partial charge in [-0.15, -0.1) is 6.42 Å². The number of anilines is 1. The fraction of sp³-hybridized carbons (Fsp3) is 0.333. The van der Waals surface area contributed by atoms with E-state index in [1.807, 2.05) is 43.1 Å². The van der Waals surface area contributed by atoms with Gasteiger partial charge in [0.1, 0.15) is 0 Å². The fourth-order valence-electron chi connectivity index (χ4n) is 1.26. The topological polar surface area (TPSA) is 29.3 Å². The molecule has 0 bridgehead atoms. The number of benzene rings is 1. The van der Waals surface area contributed by atoms with Crippen molar-refractivity contribution in [1.82, 2.24) is 0 Å². The number of hydrogen-bond donors (Lipinski definition) is 1. The minimum atomic E-state index is 0.0852. The molecule has 1 aromatic rings. The van der Waals surface area contributed by atoms with Crippen molar-refractivity contribution in [2.75, 3.05) is 18.5 Å². The molecule has 0 aromatic heterocycles. The lowest BCUT2D eigenvalue weighted by Crippen LogP contribution is -2.17. The summed E-state index contributed by atoms with van der Waals surface area (Å²) in [6.07, 6.45) is 5.23. The van der Waals surface area contributed by atoms with Crippen LogP contribution in [0.25, 0.3) is 0 Å². The third-order valence-corrected chi connectivity index (χ3v) is 2.19. The highest BCUT2D eigenvalue weighted by Crippen LogP contribution is 2.16. The van der Waals surface area contributed by atoms with Crippen LogP contribution in [0.3, 0.4) is 0 Å². The van der Waals surface area contributed by atoms with Crippen molar-refractivity contribution >= 4 is 5.69 Å². The fourth-order valence-corrected chi connectivity index (χ4v) is 1.26. The summed E-state index contributed by atoms with van der Waals surface area (Å²) in [5.74, 6) is 2.60. The second kappa shape index (κ2) is 4.69. The molecule has 0 heterocycles. The minimum absolute atomic E-state index is 0.0852. The van der Waals surface area contributed by atoms with Crippen molar-refractivity contribution in [3.05, 3.63) is 29.8 Å². The van der Waals surface area contributed by atoms with Crippen LogP contribution in [-0.4, -0.2) is 13.6 Å². The summed E-state index contributed by atoms with van der Waals surface area (Å²) in [7, 11) is 1.97. The zero-order valence-corrected chi connectivity index (χ0v) is 8.70. The first-order chi connectivity index (χ1) is 6.65. The van der Waals surface area contributed by atoms with Gasteiger partial charge in [0, 0.05) is 18.8 Å². The molecule has 0 spiro atoms. The predicted octanol–water partition coefficient (Wildman–Crippen LogP) is 1.78. The van der Waals surface area contributed by atoms with Crippen LogP contribution in [0.1, 0.15) is 18.5 Å². The molecule has 1 atom stereocenters. The molecule has 74 valence electrons. The monoisotopic (exact) mass is 188 g/mol. The molecule has 0 saturated carbocycles. The highest BCUT2D eigenvalue weighted by molar-refractivity contribution is 5.48. The molecule has 0 aliphatic rings. The summed E-state index contributed by atoms with van der Waals surface area (Å²) in [6, 6.07) is 8.23. The van der Waals surface area contributed by atoms with Crippen molar-refractivity contribution in [2.45, 2.75) is 13.0 Å². The quantitative estimate of drug-likeness (QED) is 0.733. The van der Waals surface area contributed by atoms with Gasteiger partial charge in [-0.2, -0.15) is 0 Å². The van der Waals surface area contributed by atoms with E-state index in [1.54, 1.807) is 0 Å². The smallest absolute Gasteiger partial charge is 0.0788 e. The average Bonchev–Trinajstić information content (AvgIpc) is 2.18. The standard InChI is InChI=1S/C12H16N2/c1-4-9-14(3)12-7-5-11(6-8-12)10(2)13/h1,5-8,10H,9,13H2,2-3H3/t10-/m1/s1. The normalized spacial score (nSPS) is 11.9. The Balaban J connectivity index is 2.78. The number of terminal acetylenes is 1. The molecule has 0 unspecified atom stereocenters. The third-order valence-electron chi connectivity index (χ3n) is 2.19. The lowest BCUT2D eigenvalue weighted by atomic mass is 10.1. The predicted molar refractivity (Wildman–Crippen MR) is 61.1 cm³/mol. The van der Waals surface area contributed by atoms with E-state index in [0.29, 0.717) is 6.54 Å². The van der Waals surface area contributed by atoms with E-state index in [1.165, 1.54) is 0 Å². The second-order valence-corrected chi connectivity index (χ2v) is 3.44. The Morgan fingerprint density at radius 3 is 2.43 bits per heavy atom. The maximum absolute atomic E-state index is 5.75. The largest absolute Gasteiger partial charge is 0.363 e. The van der Waals surface area contributed by atoms with Gasteiger partial charge in [0.2, 0.25) is 0 Å². The number of rotatable bonds is 3. The van der Waals surface area contributed by atoms with Crippen molar-refractivity contribution in [3.8, 4) is 12.3 Å². The SMILES string of the molecule is C#CCN(C)c1ccc([C@@H](C)N)cc1. The Kier molecular flexibility index (Phi) is 3.55. The van der Waals surface area contributed by atoms with Crippen LogP contribution < -0.4 is 10.6 Å². The zero-order valence-electron chi connectivity index (χ0n) is 8.70. The van der Waals surface area contributed by atoms with Gasteiger partial charge >= 0.3 is 0 Å². The Bertz CT molecular complexity index is 319. The van der Waals surface area contributed by atoms with Gasteiger partial charge in [-0.25, -0.2) is 0 Å². The summed E-state index contributed by atoms with van der Waals surface area (Å²) in [6.45, 7) is 2.59. The molecule has 0 fully saturated rings. The molecule has 14 heavy (non-hydrogen) atoms. The van der Waals surface area contributed by atoms with Gasteiger partial charge in [0.05, 0.1) is 6.54 Å². The number of nitrogens with two attached hydrogens (primary N) is 1. The Morgan fingerprint density at radius 1 is 1.43 bits per heavy atom. The molecule has 0 radical (unpaired) electrons. The van der Waals surface area contributed by atoms with Crippen LogP contribution in [0.15, 0.2) is 24.3 Å². The first-order valence-electron chi connectivity index (χ1n) is 4.65. The molecule has 0 aliphatic carbocycles. The van der Waals surface area contributed by atoms with Crippen LogP contribution in [0.4, 0.5) is 5.69 Å². The minimum Gasteiger partial charge on any atom is -0.363 e. The van der Waals surface area contributed by atoms with Crippen LogP contribution in [0.2, 0.25) is 0 Å². The molecule has 2 heteroatoms. The molecular formula is C12H16N2. The highest BCUT2D eigenvalue weighted by Gasteiger charge is 2.01. The lowest BCUT2D eigenvalue weighted by Gasteiger charge is -2.16. The molecule has 1 aromatic carbocycles. The molecule has 0 saturated heterocycles. The van der Waals surface area contributed by atoms with Gasteiger partial charge < -0.3 is 10.6 Å². The molecular weight excluding hydrogens is 172 g/mol. The maximum atomic E-state index is 5.75. The average molecular weight is 188 g/mol. The van der Waals surface area contributed by atoms with Crippen molar-refractivity contribution < 1.29 is 0 Å². The molecule has 2 N–H and O–H groups in total. The second-order valence-electron chi connectivity index (χ2n) is 3.44. The highest BCUT2D eigenvalue weighted by atomic mass is 15.1. The van der Waals surface area contributed by atoms with E-state index in [4.69, 9.17) is 12.2 Å². The Hall–Kier alpha value is -1.46. The summed E-state index contributed by atoms with van der Waals surface area (Å²) in [4.78, 5) is 2.02. The summed E-state index contributed by atoms with van der Waals surface area (Å²) >= 11 is 0. The van der Waals surface area contributed by atoms with Gasteiger partial charge in [0.25, 0.3) is 0 Å². The van der Waals surface area contributed by atoms with E-state index in [0.717, 1.165) is 11.3 Å². The lowest BCUT2D eigenvalue weighted by molar-refractivity contribution is 0.818. The Labute approximate surface area is 85.7 Å². The van der Waals surface area contributed by atoms with E-state index in [9.17, 15) is 0 Å². The molecule has 2 nitrogen and oxygen atoms in total. The van der Waals surface area contributed by atoms with Crippen molar-refractivity contribution in [2.24, 2.45) is 5.73 Å². The first kappa shape index (κ1) is 10.6. The zero-order chi connectivity index (χ0) is 10.6. The third kappa shape index (κ3) is 2.51. The Morgan fingerprint density at radius 2 is 2.00 bits per heavy atom. The number of hydrogen-bond acceptors (Lipinski definition) is 2. The van der Waals surface area contributed by atoms with Gasteiger partial charge in [-0.05, 0) is 24.6 Å². The van der Waals surface area contributed by atoms with Crippen LogP contribution in [0.5, 0.6) is 0 Å². The molecule has 1 rings (SSSR count). The van der Waals surface area contributed by atoms with Crippen molar-refractivity contribution in [1.29, 1.82) is 0 Å². The number of nitrogens with zero attached hydrogens (tertiary/aromatic N) is 1. The maximum Gasteiger partial charge on any atom is 0.0788 e. The van der Waals surface area contributed by atoms with E-state index >= 15 is 0 Å². The summed E-state index contributed by atoms with van der Waals surface area (Å²) in [5.41, 5.74) is 8.01. The van der Waals surface area contributed by atoms with Crippen LogP contribution in [-0.2, 0) is 0 Å². The van der Waals surface area contributed by atoms with Gasteiger partial charge in [-0.1, -0.05) is 18.1 Å². The van der Waals surface area contributed by atoms with E-state index < -0.39 is 0 Å². The van der Waals surface area contributed by atoms with Gasteiger partial charge in [-0.3, -0.25) is 0 Å². The summed E-state index contributed by atoms with van der Waals surface area (Å²) < 4.78 is 0. The van der Waals surface area contributed by atoms with Gasteiger partial charge in [0.15, 0.2) is 0 Å². The van der Waals surface area contributed by atoms with Crippen LogP contribution in [0, 0.1) is 12.3 Å². The summed E-state index contributed by atoms with van der Waals surface area (Å²) in [5, 5.41) is 0. The van der Waals surface area contributed by atoms with Crippen LogP contribution >= 0.6 is 0 Å².